The van der Waals surface area contributed by atoms with Gasteiger partial charge in [-0.3, -0.25) is 4.98 Å². The number of anilines is 1. The van der Waals surface area contributed by atoms with Crippen molar-refractivity contribution >= 4 is 17.0 Å². The number of pyridine rings is 1. The largest absolute Gasteiger partial charge is 0.352 e. The Morgan fingerprint density at radius 3 is 3.00 bits per heavy atom. The molecule has 2 aromatic rings. The van der Waals surface area contributed by atoms with E-state index in [4.69, 9.17) is 0 Å². The van der Waals surface area contributed by atoms with Crippen molar-refractivity contribution in [3.8, 4) is 0 Å². The molecule has 0 spiro atoms. The van der Waals surface area contributed by atoms with E-state index >= 15 is 0 Å². The molecule has 5 heteroatoms. The minimum absolute atomic E-state index is 0.521. The first-order chi connectivity index (χ1) is 9.74. The molecule has 3 rings (SSSR count). The Bertz CT molecular complexity index is 583. The quantitative estimate of drug-likeness (QED) is 0.921. The fourth-order valence-corrected chi connectivity index (χ4v) is 2.73. The number of nitrogens with zero attached hydrogens (tertiary/aromatic N) is 4. The van der Waals surface area contributed by atoms with E-state index in [-0.39, 0.29) is 0 Å². The van der Waals surface area contributed by atoms with E-state index in [2.05, 4.69) is 45.1 Å². The van der Waals surface area contributed by atoms with Crippen molar-refractivity contribution in [1.82, 2.24) is 20.3 Å². The zero-order chi connectivity index (χ0) is 13.9. The molecule has 0 saturated carbocycles. The highest BCUT2D eigenvalue weighted by atomic mass is 15.2. The van der Waals surface area contributed by atoms with Crippen LogP contribution in [-0.2, 0) is 0 Å². The molecule has 106 valence electrons. The lowest BCUT2D eigenvalue weighted by molar-refractivity contribution is 0.522. The molecule has 1 fully saturated rings. The van der Waals surface area contributed by atoms with E-state index in [0.717, 1.165) is 30.1 Å². The lowest BCUT2D eigenvalue weighted by atomic mass is 10.2. The van der Waals surface area contributed by atoms with Crippen LogP contribution in [0.25, 0.3) is 11.2 Å². The minimum Gasteiger partial charge on any atom is -0.352 e. The third-order valence-corrected chi connectivity index (χ3v) is 3.75. The highest BCUT2D eigenvalue weighted by molar-refractivity contribution is 5.71. The molecule has 0 aliphatic carbocycles. The van der Waals surface area contributed by atoms with E-state index in [1.807, 2.05) is 6.07 Å². The molecule has 5 nitrogen and oxygen atoms in total. The first-order valence-corrected chi connectivity index (χ1v) is 7.32. The lowest BCUT2D eigenvalue weighted by Crippen LogP contribution is -2.40. The Hall–Kier alpha value is -1.75. The molecule has 0 aromatic carbocycles. The molecule has 3 heterocycles. The van der Waals surface area contributed by atoms with Crippen molar-refractivity contribution in [1.29, 1.82) is 0 Å². The maximum Gasteiger partial charge on any atom is 0.180 e. The minimum atomic E-state index is 0.521. The second-order valence-electron chi connectivity index (χ2n) is 5.62. The Labute approximate surface area is 119 Å². The van der Waals surface area contributed by atoms with Gasteiger partial charge in [0.25, 0.3) is 0 Å². The van der Waals surface area contributed by atoms with Crippen LogP contribution in [0.4, 0.5) is 5.82 Å². The predicted molar refractivity (Wildman–Crippen MR) is 80.8 cm³/mol. The zero-order valence-electron chi connectivity index (χ0n) is 12.1. The zero-order valence-corrected chi connectivity index (χ0v) is 12.1. The highest BCUT2D eigenvalue weighted by Gasteiger charge is 2.25. The predicted octanol–water partition coefficient (Wildman–Crippen LogP) is 1.99. The maximum atomic E-state index is 4.66. The van der Waals surface area contributed by atoms with Crippen LogP contribution in [0.15, 0.2) is 24.5 Å². The van der Waals surface area contributed by atoms with Crippen LogP contribution < -0.4 is 10.2 Å². The highest BCUT2D eigenvalue weighted by Crippen LogP contribution is 2.24. The van der Waals surface area contributed by atoms with E-state index in [0.29, 0.717) is 12.1 Å². The van der Waals surface area contributed by atoms with Crippen molar-refractivity contribution in [3.05, 3.63) is 24.5 Å². The smallest absolute Gasteiger partial charge is 0.180 e. The molecule has 1 atom stereocenters. The Morgan fingerprint density at radius 2 is 2.15 bits per heavy atom. The van der Waals surface area contributed by atoms with Gasteiger partial charge < -0.3 is 10.2 Å². The molecule has 0 amide bonds. The summed E-state index contributed by atoms with van der Waals surface area (Å²) < 4.78 is 0. The topological polar surface area (TPSA) is 53.9 Å². The van der Waals surface area contributed by atoms with Crippen LogP contribution in [0.2, 0.25) is 0 Å². The Morgan fingerprint density at radius 1 is 1.30 bits per heavy atom. The summed E-state index contributed by atoms with van der Waals surface area (Å²) in [6.45, 7) is 6.45. The molecule has 1 saturated heterocycles. The summed E-state index contributed by atoms with van der Waals surface area (Å²) in [4.78, 5) is 15.6. The molecular weight excluding hydrogens is 250 g/mol. The standard InChI is InChI=1S/C15H21N5/c1-11(2)18-10-12-4-3-9-20(12)14-6-5-13-15(19-14)17-8-7-16-13/h5-8,11-12,18H,3-4,9-10H2,1-2H3. The summed E-state index contributed by atoms with van der Waals surface area (Å²) in [5.41, 5.74) is 1.58. The van der Waals surface area contributed by atoms with Crippen LogP contribution in [0, 0.1) is 0 Å². The molecule has 1 aliphatic heterocycles. The molecule has 1 aliphatic rings. The van der Waals surface area contributed by atoms with Gasteiger partial charge in [-0.05, 0) is 25.0 Å². The van der Waals surface area contributed by atoms with Crippen LogP contribution in [0.3, 0.4) is 0 Å². The van der Waals surface area contributed by atoms with Gasteiger partial charge in [0.05, 0.1) is 0 Å². The monoisotopic (exact) mass is 271 g/mol. The molecule has 2 aromatic heterocycles. The number of aromatic nitrogens is 3. The molecule has 1 unspecified atom stereocenters. The summed E-state index contributed by atoms with van der Waals surface area (Å²) in [6, 6.07) is 5.12. The van der Waals surface area contributed by atoms with Gasteiger partial charge in [-0.15, -0.1) is 0 Å². The summed E-state index contributed by atoms with van der Waals surface area (Å²) in [7, 11) is 0. The van der Waals surface area contributed by atoms with Crippen molar-refractivity contribution in [3.63, 3.8) is 0 Å². The number of hydrogen-bond donors (Lipinski definition) is 1. The molecule has 20 heavy (non-hydrogen) atoms. The average molecular weight is 271 g/mol. The summed E-state index contributed by atoms with van der Waals surface area (Å²) in [5.74, 6) is 1.02. The van der Waals surface area contributed by atoms with Crippen molar-refractivity contribution in [2.45, 2.75) is 38.8 Å². The molecular formula is C15H21N5. The summed E-state index contributed by atoms with van der Waals surface area (Å²) >= 11 is 0. The van der Waals surface area contributed by atoms with Crippen LogP contribution in [-0.4, -0.2) is 40.1 Å². The van der Waals surface area contributed by atoms with Gasteiger partial charge in [0.2, 0.25) is 0 Å². The van der Waals surface area contributed by atoms with Crippen molar-refractivity contribution < 1.29 is 0 Å². The Balaban J connectivity index is 1.81. The molecule has 1 N–H and O–H groups in total. The number of rotatable bonds is 4. The van der Waals surface area contributed by atoms with Crippen molar-refractivity contribution in [2.75, 3.05) is 18.0 Å². The SMILES string of the molecule is CC(C)NCC1CCCN1c1ccc2nccnc2n1. The van der Waals surface area contributed by atoms with Crippen LogP contribution in [0.5, 0.6) is 0 Å². The van der Waals surface area contributed by atoms with E-state index in [1.165, 1.54) is 12.8 Å². The third-order valence-electron chi connectivity index (χ3n) is 3.75. The second kappa shape index (κ2) is 5.71. The van der Waals surface area contributed by atoms with Gasteiger partial charge >= 0.3 is 0 Å². The van der Waals surface area contributed by atoms with E-state index < -0.39 is 0 Å². The molecule has 0 radical (unpaired) electrons. The van der Waals surface area contributed by atoms with Gasteiger partial charge in [0.1, 0.15) is 11.3 Å². The number of hydrogen-bond acceptors (Lipinski definition) is 5. The van der Waals surface area contributed by atoms with E-state index in [9.17, 15) is 0 Å². The molecule has 0 bridgehead atoms. The normalized spacial score (nSPS) is 19.1. The van der Waals surface area contributed by atoms with Gasteiger partial charge in [-0.25, -0.2) is 9.97 Å². The fourth-order valence-electron chi connectivity index (χ4n) is 2.73. The van der Waals surface area contributed by atoms with Crippen LogP contribution >= 0.6 is 0 Å². The van der Waals surface area contributed by atoms with Crippen molar-refractivity contribution in [2.24, 2.45) is 0 Å². The second-order valence-corrected chi connectivity index (χ2v) is 5.62. The first kappa shape index (κ1) is 13.2. The van der Waals surface area contributed by atoms with Gasteiger partial charge in [0, 0.05) is 37.6 Å². The maximum absolute atomic E-state index is 4.66. The summed E-state index contributed by atoms with van der Waals surface area (Å²) in [5, 5.41) is 3.53. The third kappa shape index (κ3) is 2.72. The first-order valence-electron chi connectivity index (χ1n) is 7.32. The average Bonchev–Trinajstić information content (AvgIpc) is 2.93. The Kier molecular flexibility index (Phi) is 3.78. The number of fused-ring (bicyclic) bond motifs is 1. The van der Waals surface area contributed by atoms with Crippen LogP contribution in [0.1, 0.15) is 26.7 Å². The van der Waals surface area contributed by atoms with Gasteiger partial charge in [0.15, 0.2) is 5.65 Å². The lowest BCUT2D eigenvalue weighted by Gasteiger charge is -2.26. The van der Waals surface area contributed by atoms with Gasteiger partial charge in [-0.1, -0.05) is 13.8 Å². The van der Waals surface area contributed by atoms with E-state index in [1.54, 1.807) is 12.4 Å². The fraction of sp³-hybridized carbons (Fsp3) is 0.533. The number of nitrogens with one attached hydrogen (secondary N) is 1. The summed E-state index contributed by atoms with van der Waals surface area (Å²) in [6.07, 6.45) is 5.85. The van der Waals surface area contributed by atoms with Gasteiger partial charge in [-0.2, -0.15) is 0 Å².